The quantitative estimate of drug-likeness (QED) is 0.166. The molecule has 0 unspecified atom stereocenters. The number of halogens is 1. The second-order valence-corrected chi connectivity index (χ2v) is 11.1. The van der Waals surface area contributed by atoms with Gasteiger partial charge in [-0.25, -0.2) is 0 Å². The van der Waals surface area contributed by atoms with Gasteiger partial charge in [-0.15, -0.1) is 12.4 Å². The molecule has 2 heterocycles. The fraction of sp³-hybridized carbons (Fsp3) is 0.243. The fourth-order valence-corrected chi connectivity index (χ4v) is 5.73. The number of piperidine rings is 1. The Morgan fingerprint density at radius 1 is 0.911 bits per heavy atom. The SMILES string of the molecule is Cl.O=C(NCCN1CCC(OC(c2ccccc2)c2ccccc2)CC1)c1cc2cccc(OCc3cccnc3)c2cc1O. The Kier molecular flexibility index (Phi) is 11.0. The first-order chi connectivity index (χ1) is 21.6. The lowest BCUT2D eigenvalue weighted by atomic mass is 10.00. The van der Waals surface area contributed by atoms with Crippen LogP contribution in [0.2, 0.25) is 0 Å². The number of fused-ring (bicyclic) bond motifs is 1. The Morgan fingerprint density at radius 3 is 2.29 bits per heavy atom. The molecular formula is C37H38ClN3O4. The van der Waals surface area contributed by atoms with E-state index in [1.807, 2.05) is 42.5 Å². The molecule has 8 heteroatoms. The van der Waals surface area contributed by atoms with Crippen molar-refractivity contribution in [3.05, 3.63) is 138 Å². The number of aromatic hydroxyl groups is 1. The minimum atomic E-state index is -0.294. The first kappa shape index (κ1) is 32.0. The van der Waals surface area contributed by atoms with Crippen molar-refractivity contribution in [3.63, 3.8) is 0 Å². The molecule has 2 N–H and O–H groups in total. The van der Waals surface area contributed by atoms with E-state index in [2.05, 4.69) is 63.7 Å². The van der Waals surface area contributed by atoms with Crippen molar-refractivity contribution in [2.45, 2.75) is 31.7 Å². The summed E-state index contributed by atoms with van der Waals surface area (Å²) in [5, 5.41) is 15.3. The van der Waals surface area contributed by atoms with Gasteiger partial charge in [-0.3, -0.25) is 9.78 Å². The second-order valence-electron chi connectivity index (χ2n) is 11.1. The standard InChI is InChI=1S/C37H37N3O4.ClH/c41-34-24-32-30(14-7-15-35(32)43-26-27-9-8-18-38-25-27)23-33(34)37(42)39-19-22-40-20-16-31(17-21-40)44-36(28-10-3-1-4-11-28)29-12-5-2-6-13-29;/h1-15,18,23-25,31,36,41H,16-17,19-22,26H2,(H,39,42);1H. The van der Waals surface area contributed by atoms with Gasteiger partial charge in [0.1, 0.15) is 24.2 Å². The summed E-state index contributed by atoms with van der Waals surface area (Å²) in [6, 6.07) is 33.6. The van der Waals surface area contributed by atoms with Crippen LogP contribution in [0.25, 0.3) is 10.8 Å². The van der Waals surface area contributed by atoms with Gasteiger partial charge < -0.3 is 24.8 Å². The summed E-state index contributed by atoms with van der Waals surface area (Å²) in [7, 11) is 0. The number of phenols is 1. The van der Waals surface area contributed by atoms with E-state index in [0.29, 0.717) is 18.9 Å². The Bertz CT molecular complexity index is 1620. The summed E-state index contributed by atoms with van der Waals surface area (Å²) in [6.07, 6.45) is 5.42. The number of nitrogens with one attached hydrogen (secondary N) is 1. The number of hydrogen-bond acceptors (Lipinski definition) is 6. The van der Waals surface area contributed by atoms with Gasteiger partial charge in [0, 0.05) is 49.5 Å². The van der Waals surface area contributed by atoms with Crippen LogP contribution in [-0.2, 0) is 11.3 Å². The second kappa shape index (κ2) is 15.5. The summed E-state index contributed by atoms with van der Waals surface area (Å²) < 4.78 is 12.7. The van der Waals surface area contributed by atoms with E-state index >= 15 is 0 Å². The summed E-state index contributed by atoms with van der Waals surface area (Å²) in [6.45, 7) is 3.40. The monoisotopic (exact) mass is 623 g/mol. The Morgan fingerprint density at radius 2 is 1.62 bits per heavy atom. The topological polar surface area (TPSA) is 83.9 Å². The Balaban J connectivity index is 0.00000400. The molecule has 232 valence electrons. The van der Waals surface area contributed by atoms with Crippen LogP contribution in [0.15, 0.2) is 116 Å². The third-order valence-electron chi connectivity index (χ3n) is 8.10. The number of aromatic nitrogens is 1. The highest BCUT2D eigenvalue weighted by atomic mass is 35.5. The van der Waals surface area contributed by atoms with Crippen LogP contribution < -0.4 is 10.1 Å². The van der Waals surface area contributed by atoms with Crippen LogP contribution in [0.1, 0.15) is 46.0 Å². The van der Waals surface area contributed by atoms with Crippen molar-refractivity contribution in [1.29, 1.82) is 0 Å². The molecule has 0 atom stereocenters. The first-order valence-corrected chi connectivity index (χ1v) is 15.2. The maximum absolute atomic E-state index is 13.0. The third-order valence-corrected chi connectivity index (χ3v) is 8.10. The van der Waals surface area contributed by atoms with Gasteiger partial charge in [0.25, 0.3) is 5.91 Å². The van der Waals surface area contributed by atoms with Crippen molar-refractivity contribution in [2.24, 2.45) is 0 Å². The van der Waals surface area contributed by atoms with Crippen molar-refractivity contribution in [1.82, 2.24) is 15.2 Å². The minimum Gasteiger partial charge on any atom is -0.507 e. The first-order valence-electron chi connectivity index (χ1n) is 15.2. The van der Waals surface area contributed by atoms with Gasteiger partial charge in [-0.1, -0.05) is 78.9 Å². The molecule has 4 aromatic carbocycles. The number of rotatable bonds is 11. The highest BCUT2D eigenvalue weighted by Gasteiger charge is 2.25. The average molecular weight is 624 g/mol. The number of benzene rings is 4. The van der Waals surface area contributed by atoms with Gasteiger partial charge >= 0.3 is 0 Å². The highest BCUT2D eigenvalue weighted by molar-refractivity contribution is 6.02. The maximum Gasteiger partial charge on any atom is 0.255 e. The van der Waals surface area contributed by atoms with Crippen molar-refractivity contribution >= 4 is 29.1 Å². The van der Waals surface area contributed by atoms with E-state index in [4.69, 9.17) is 9.47 Å². The normalized spacial score (nSPS) is 13.8. The molecule has 0 saturated carbocycles. The lowest BCUT2D eigenvalue weighted by Crippen LogP contribution is -2.41. The number of carbonyl (C=O) groups excluding carboxylic acids is 1. The predicted octanol–water partition coefficient (Wildman–Crippen LogP) is 6.94. The molecule has 0 aliphatic carbocycles. The molecule has 1 aliphatic rings. The largest absolute Gasteiger partial charge is 0.507 e. The van der Waals surface area contributed by atoms with Crippen LogP contribution in [0.4, 0.5) is 0 Å². The van der Waals surface area contributed by atoms with Crippen LogP contribution in [0.3, 0.4) is 0 Å². The molecule has 5 aromatic rings. The van der Waals surface area contributed by atoms with E-state index < -0.39 is 0 Å². The van der Waals surface area contributed by atoms with Crippen LogP contribution >= 0.6 is 12.4 Å². The van der Waals surface area contributed by atoms with E-state index in [0.717, 1.165) is 59.9 Å². The molecule has 0 spiro atoms. The zero-order valence-electron chi connectivity index (χ0n) is 25.0. The number of nitrogens with zero attached hydrogens (tertiary/aromatic N) is 2. The van der Waals surface area contributed by atoms with Crippen molar-refractivity contribution in [3.8, 4) is 11.5 Å². The number of pyridine rings is 1. The van der Waals surface area contributed by atoms with Gasteiger partial charge in [-0.05, 0) is 53.6 Å². The lowest BCUT2D eigenvalue weighted by molar-refractivity contribution is -0.0267. The number of phenolic OH excluding ortho intramolecular Hbond substituents is 1. The third kappa shape index (κ3) is 8.19. The van der Waals surface area contributed by atoms with Crippen molar-refractivity contribution in [2.75, 3.05) is 26.2 Å². The molecular weight excluding hydrogens is 586 g/mol. The zero-order valence-corrected chi connectivity index (χ0v) is 25.9. The van der Waals surface area contributed by atoms with Crippen LogP contribution in [0, 0.1) is 0 Å². The number of hydrogen-bond donors (Lipinski definition) is 2. The molecule has 1 amide bonds. The van der Waals surface area contributed by atoms with E-state index in [1.165, 1.54) is 0 Å². The molecule has 0 bridgehead atoms. The molecule has 6 rings (SSSR count). The van der Waals surface area contributed by atoms with E-state index in [-0.39, 0.29) is 41.8 Å². The van der Waals surface area contributed by atoms with Crippen LogP contribution in [-0.4, -0.2) is 53.2 Å². The molecule has 1 aromatic heterocycles. The van der Waals surface area contributed by atoms with Crippen molar-refractivity contribution < 1.29 is 19.4 Å². The Hall–Kier alpha value is -4.43. The molecule has 1 saturated heterocycles. The highest BCUT2D eigenvalue weighted by Crippen LogP contribution is 2.33. The summed E-state index contributed by atoms with van der Waals surface area (Å²) in [5.74, 6) is 0.273. The summed E-state index contributed by atoms with van der Waals surface area (Å²) in [4.78, 5) is 19.5. The smallest absolute Gasteiger partial charge is 0.255 e. The number of ether oxygens (including phenoxy) is 2. The van der Waals surface area contributed by atoms with Crippen LogP contribution in [0.5, 0.6) is 11.5 Å². The molecule has 1 fully saturated rings. The number of likely N-dealkylation sites (tertiary alicyclic amines) is 1. The molecule has 0 radical (unpaired) electrons. The van der Waals surface area contributed by atoms with Gasteiger partial charge in [0.2, 0.25) is 0 Å². The Labute approximate surface area is 270 Å². The van der Waals surface area contributed by atoms with Gasteiger partial charge in [0.15, 0.2) is 0 Å². The van der Waals surface area contributed by atoms with E-state index in [1.54, 1.807) is 24.5 Å². The molecule has 7 nitrogen and oxygen atoms in total. The zero-order chi connectivity index (χ0) is 30.1. The molecule has 1 aliphatic heterocycles. The molecule has 45 heavy (non-hydrogen) atoms. The number of carbonyl (C=O) groups is 1. The van der Waals surface area contributed by atoms with Gasteiger partial charge in [-0.2, -0.15) is 0 Å². The predicted molar refractivity (Wildman–Crippen MR) is 179 cm³/mol. The van der Waals surface area contributed by atoms with E-state index in [9.17, 15) is 9.90 Å². The average Bonchev–Trinajstić information content (AvgIpc) is 3.08. The number of amides is 1. The van der Waals surface area contributed by atoms with Gasteiger partial charge in [0.05, 0.1) is 11.7 Å². The maximum atomic E-state index is 13.0. The minimum absolute atomic E-state index is 0. The summed E-state index contributed by atoms with van der Waals surface area (Å²) >= 11 is 0. The lowest BCUT2D eigenvalue weighted by Gasteiger charge is -2.34. The summed E-state index contributed by atoms with van der Waals surface area (Å²) in [5.41, 5.74) is 3.52. The fourth-order valence-electron chi connectivity index (χ4n) is 5.73.